The summed E-state index contributed by atoms with van der Waals surface area (Å²) in [5.41, 5.74) is 3.28. The molecule has 0 atom stereocenters. The Morgan fingerprint density at radius 2 is 2.00 bits per heavy atom. The third-order valence-electron chi connectivity index (χ3n) is 4.86. The highest BCUT2D eigenvalue weighted by Gasteiger charge is 2.29. The summed E-state index contributed by atoms with van der Waals surface area (Å²) in [6.07, 6.45) is 2.09. The van der Waals surface area contributed by atoms with Crippen LogP contribution in [0.3, 0.4) is 0 Å². The van der Waals surface area contributed by atoms with Gasteiger partial charge in [-0.1, -0.05) is 13.8 Å². The fourth-order valence-corrected chi connectivity index (χ4v) is 3.50. The molecule has 0 aliphatic carbocycles. The topological polar surface area (TPSA) is 61.7 Å². The molecule has 0 amide bonds. The van der Waals surface area contributed by atoms with Crippen LogP contribution in [0.4, 0.5) is 17.1 Å². The van der Waals surface area contributed by atoms with Gasteiger partial charge in [-0.15, -0.1) is 0 Å². The molecule has 2 aliphatic rings. The Morgan fingerprint density at radius 1 is 1.26 bits per heavy atom. The van der Waals surface area contributed by atoms with Gasteiger partial charge in [0.2, 0.25) is 0 Å². The number of nitrogens with one attached hydrogen (secondary N) is 1. The van der Waals surface area contributed by atoms with E-state index in [1.807, 2.05) is 6.07 Å². The summed E-state index contributed by atoms with van der Waals surface area (Å²) in [4.78, 5) is 15.9. The number of benzene rings is 1. The molecule has 1 saturated heterocycles. The van der Waals surface area contributed by atoms with E-state index in [2.05, 4.69) is 29.0 Å². The number of piperazine rings is 1. The smallest absolute Gasteiger partial charge is 0.292 e. The molecule has 23 heavy (non-hydrogen) atoms. The molecule has 0 spiro atoms. The van der Waals surface area contributed by atoms with Crippen molar-refractivity contribution in [3.8, 4) is 0 Å². The van der Waals surface area contributed by atoms with E-state index in [4.69, 9.17) is 0 Å². The molecule has 0 saturated carbocycles. The number of hydrogen-bond acceptors (Lipinski definition) is 5. The summed E-state index contributed by atoms with van der Waals surface area (Å²) in [6.45, 7) is 10.2. The van der Waals surface area contributed by atoms with Crippen molar-refractivity contribution < 1.29 is 4.92 Å². The van der Waals surface area contributed by atoms with Gasteiger partial charge in [-0.3, -0.25) is 15.0 Å². The monoisotopic (exact) mass is 318 g/mol. The van der Waals surface area contributed by atoms with Gasteiger partial charge in [0.15, 0.2) is 0 Å². The average Bonchev–Trinajstić information content (AvgIpc) is 3.01. The Balaban J connectivity index is 1.75. The van der Waals surface area contributed by atoms with Crippen LogP contribution >= 0.6 is 0 Å². The predicted molar refractivity (Wildman–Crippen MR) is 93.4 cm³/mol. The first-order valence-corrected chi connectivity index (χ1v) is 8.57. The van der Waals surface area contributed by atoms with Crippen molar-refractivity contribution in [3.63, 3.8) is 0 Å². The summed E-state index contributed by atoms with van der Waals surface area (Å²) < 4.78 is 0. The Bertz CT molecular complexity index is 580. The quantitative estimate of drug-likeness (QED) is 0.668. The summed E-state index contributed by atoms with van der Waals surface area (Å²) in [7, 11) is 0. The van der Waals surface area contributed by atoms with Crippen LogP contribution in [-0.4, -0.2) is 49.1 Å². The van der Waals surface area contributed by atoms with Crippen molar-refractivity contribution in [1.29, 1.82) is 0 Å². The lowest BCUT2D eigenvalue weighted by Crippen LogP contribution is -2.47. The second-order valence-electron chi connectivity index (χ2n) is 6.90. The maximum atomic E-state index is 11.5. The lowest BCUT2D eigenvalue weighted by Gasteiger charge is -2.36. The Labute approximate surface area is 137 Å². The van der Waals surface area contributed by atoms with Gasteiger partial charge in [-0.25, -0.2) is 0 Å². The van der Waals surface area contributed by atoms with E-state index < -0.39 is 0 Å². The second-order valence-corrected chi connectivity index (χ2v) is 6.90. The molecule has 6 nitrogen and oxygen atoms in total. The summed E-state index contributed by atoms with van der Waals surface area (Å²) in [5, 5.41) is 14.8. The number of nitro benzene ring substituents is 1. The van der Waals surface area contributed by atoms with Gasteiger partial charge < -0.3 is 10.2 Å². The third-order valence-corrected chi connectivity index (χ3v) is 4.86. The minimum atomic E-state index is -0.237. The molecule has 1 aromatic rings. The van der Waals surface area contributed by atoms with Crippen LogP contribution < -0.4 is 10.2 Å². The van der Waals surface area contributed by atoms with Crippen LogP contribution in [0, 0.1) is 16.0 Å². The van der Waals surface area contributed by atoms with Gasteiger partial charge in [0.1, 0.15) is 5.69 Å². The maximum Gasteiger partial charge on any atom is 0.292 e. The molecule has 2 aliphatic heterocycles. The van der Waals surface area contributed by atoms with E-state index in [1.165, 1.54) is 6.42 Å². The van der Waals surface area contributed by atoms with Crippen molar-refractivity contribution in [2.24, 2.45) is 5.92 Å². The minimum Gasteiger partial charge on any atom is -0.384 e. The Morgan fingerprint density at radius 3 is 2.65 bits per heavy atom. The Kier molecular flexibility index (Phi) is 4.71. The van der Waals surface area contributed by atoms with Crippen LogP contribution in [0.5, 0.6) is 0 Å². The second kappa shape index (κ2) is 6.74. The molecule has 0 bridgehead atoms. The van der Waals surface area contributed by atoms with Crippen molar-refractivity contribution in [1.82, 2.24) is 4.90 Å². The van der Waals surface area contributed by atoms with E-state index >= 15 is 0 Å². The molecule has 1 fully saturated rings. The van der Waals surface area contributed by atoms with Gasteiger partial charge in [0.05, 0.1) is 4.92 Å². The summed E-state index contributed by atoms with van der Waals surface area (Å²) >= 11 is 0. The zero-order valence-electron chi connectivity index (χ0n) is 14.0. The number of hydrogen-bond donors (Lipinski definition) is 1. The largest absolute Gasteiger partial charge is 0.384 e. The number of anilines is 2. The molecule has 6 heteroatoms. The van der Waals surface area contributed by atoms with Gasteiger partial charge >= 0.3 is 0 Å². The highest BCUT2D eigenvalue weighted by atomic mass is 16.6. The third kappa shape index (κ3) is 3.42. The van der Waals surface area contributed by atoms with Crippen molar-refractivity contribution in [2.45, 2.75) is 26.7 Å². The van der Waals surface area contributed by atoms with Gasteiger partial charge in [0.25, 0.3) is 5.69 Å². The SMILES string of the molecule is CC(C)CCN1CCN(c2c([N+](=O)[O-])ccc3c2CCN3)CC1. The zero-order chi connectivity index (χ0) is 16.4. The molecule has 1 N–H and O–H groups in total. The van der Waals surface area contributed by atoms with E-state index in [1.54, 1.807) is 6.07 Å². The highest BCUT2D eigenvalue weighted by Crippen LogP contribution is 2.39. The number of fused-ring (bicyclic) bond motifs is 1. The summed E-state index contributed by atoms with van der Waals surface area (Å²) in [6, 6.07) is 3.50. The number of nitro groups is 1. The molecule has 2 heterocycles. The van der Waals surface area contributed by atoms with Crippen LogP contribution in [0.1, 0.15) is 25.8 Å². The number of rotatable bonds is 5. The first-order chi connectivity index (χ1) is 11.1. The van der Waals surface area contributed by atoms with Crippen LogP contribution in [-0.2, 0) is 6.42 Å². The van der Waals surface area contributed by atoms with Crippen LogP contribution in [0.2, 0.25) is 0 Å². The van der Waals surface area contributed by atoms with E-state index in [0.717, 1.165) is 68.5 Å². The lowest BCUT2D eigenvalue weighted by atomic mass is 10.1. The predicted octanol–water partition coefficient (Wildman–Crippen LogP) is 2.73. The summed E-state index contributed by atoms with van der Waals surface area (Å²) in [5.74, 6) is 0.720. The molecule has 0 aromatic heterocycles. The normalized spacial score (nSPS) is 18.1. The molecule has 0 unspecified atom stereocenters. The van der Waals surface area contributed by atoms with Gasteiger partial charge in [0, 0.05) is 50.0 Å². The first kappa shape index (κ1) is 16.1. The fourth-order valence-electron chi connectivity index (χ4n) is 3.50. The van der Waals surface area contributed by atoms with E-state index in [-0.39, 0.29) is 10.6 Å². The minimum absolute atomic E-state index is 0.237. The van der Waals surface area contributed by atoms with Gasteiger partial charge in [-0.2, -0.15) is 0 Å². The molecule has 3 rings (SSSR count). The molecular weight excluding hydrogens is 292 g/mol. The van der Waals surface area contributed by atoms with Crippen molar-refractivity contribution in [3.05, 3.63) is 27.8 Å². The van der Waals surface area contributed by atoms with Gasteiger partial charge in [-0.05, 0) is 31.4 Å². The standard InChI is InChI=1S/C17H26N4O2/c1-13(2)6-8-19-9-11-20(12-10-19)17-14-5-7-18-15(14)3-4-16(17)21(22)23/h3-4,13,18H,5-12H2,1-2H3. The molecule has 0 radical (unpaired) electrons. The Hall–Kier alpha value is -1.82. The zero-order valence-corrected chi connectivity index (χ0v) is 14.0. The van der Waals surface area contributed by atoms with E-state index in [0.29, 0.717) is 0 Å². The molecular formula is C17H26N4O2. The highest BCUT2D eigenvalue weighted by molar-refractivity contribution is 5.78. The maximum absolute atomic E-state index is 11.5. The fraction of sp³-hybridized carbons (Fsp3) is 0.647. The first-order valence-electron chi connectivity index (χ1n) is 8.57. The van der Waals surface area contributed by atoms with Crippen molar-refractivity contribution >= 4 is 17.1 Å². The average molecular weight is 318 g/mol. The molecule has 1 aromatic carbocycles. The van der Waals surface area contributed by atoms with Crippen molar-refractivity contribution in [2.75, 3.05) is 49.5 Å². The number of nitrogens with zero attached hydrogens (tertiary/aromatic N) is 3. The van der Waals surface area contributed by atoms with E-state index in [9.17, 15) is 10.1 Å². The van der Waals surface area contributed by atoms with Crippen LogP contribution in [0.25, 0.3) is 0 Å². The molecule has 126 valence electrons. The van der Waals surface area contributed by atoms with Crippen LogP contribution in [0.15, 0.2) is 12.1 Å². The lowest BCUT2D eigenvalue weighted by molar-refractivity contribution is -0.384.